The quantitative estimate of drug-likeness (QED) is 0.182. The van der Waals surface area contributed by atoms with Crippen LogP contribution in [0.25, 0.3) is 22.0 Å². The number of rotatable bonds is 9. The molecule has 232 valence electrons. The van der Waals surface area contributed by atoms with Crippen molar-refractivity contribution in [3.63, 3.8) is 0 Å². The zero-order valence-electron chi connectivity index (χ0n) is 24.5. The third-order valence-corrected chi connectivity index (χ3v) is 9.86. The molecule has 3 aromatic carbocycles. The van der Waals surface area contributed by atoms with E-state index in [4.69, 9.17) is 21.3 Å². The van der Waals surface area contributed by atoms with Crippen molar-refractivity contribution in [3.8, 4) is 16.9 Å². The van der Waals surface area contributed by atoms with Gasteiger partial charge in [-0.15, -0.1) is 0 Å². The summed E-state index contributed by atoms with van der Waals surface area (Å²) in [4.78, 5) is 21.8. The lowest BCUT2D eigenvalue weighted by atomic mass is 9.90. The molecule has 1 aliphatic carbocycles. The highest BCUT2D eigenvalue weighted by Crippen LogP contribution is 2.38. The van der Waals surface area contributed by atoms with Gasteiger partial charge in [0, 0.05) is 42.3 Å². The summed E-state index contributed by atoms with van der Waals surface area (Å²) >= 11 is 6.07. The van der Waals surface area contributed by atoms with Crippen molar-refractivity contribution in [3.05, 3.63) is 71.1 Å². The maximum atomic E-state index is 15.4. The monoisotopic (exact) mass is 641 g/mol. The van der Waals surface area contributed by atoms with Crippen molar-refractivity contribution >= 4 is 50.3 Å². The Balaban J connectivity index is 1.40. The molecule has 0 radical (unpaired) electrons. The molecule has 0 saturated heterocycles. The molecule has 0 bridgehead atoms. The normalized spacial score (nSPS) is 16.8. The number of halogens is 2. The number of hydrogen-bond donors (Lipinski definition) is 3. The van der Waals surface area contributed by atoms with Crippen LogP contribution < -0.4 is 14.8 Å². The largest absolute Gasteiger partial charge is 0.496 e. The van der Waals surface area contributed by atoms with E-state index >= 15 is 4.39 Å². The van der Waals surface area contributed by atoms with E-state index in [2.05, 4.69) is 15.0 Å². The average Bonchev–Trinajstić information content (AvgIpc) is 3.01. The number of nitrogens with one attached hydrogen (secondary N) is 2. The highest BCUT2D eigenvalue weighted by Gasteiger charge is 2.27. The van der Waals surface area contributed by atoms with Gasteiger partial charge in [-0.1, -0.05) is 30.7 Å². The zero-order chi connectivity index (χ0) is 31.6. The Morgan fingerprint density at radius 3 is 2.55 bits per heavy atom. The molecule has 3 N–H and O–H groups in total. The highest BCUT2D eigenvalue weighted by atomic mass is 35.5. The minimum atomic E-state index is -4.16. The molecule has 1 heterocycles. The number of sulfonamides is 1. The summed E-state index contributed by atoms with van der Waals surface area (Å²) in [7, 11) is -1.12. The molecule has 1 saturated carbocycles. The van der Waals surface area contributed by atoms with E-state index < -0.39 is 21.9 Å². The molecule has 4 aromatic rings. The van der Waals surface area contributed by atoms with Gasteiger partial charge in [0.1, 0.15) is 16.5 Å². The number of aromatic nitrogens is 2. The second-order valence-corrected chi connectivity index (χ2v) is 12.8. The molecular weight excluding hydrogens is 609 g/mol. The fourth-order valence-electron chi connectivity index (χ4n) is 5.55. The van der Waals surface area contributed by atoms with Gasteiger partial charge in [-0.3, -0.25) is 4.72 Å². The number of carbonyl (C=O) groups is 1. The van der Waals surface area contributed by atoms with Gasteiger partial charge in [0.15, 0.2) is 0 Å². The number of amides is 1. The van der Waals surface area contributed by atoms with Gasteiger partial charge in [0.25, 0.3) is 10.0 Å². The third-order valence-electron chi connectivity index (χ3n) is 7.99. The average molecular weight is 642 g/mol. The van der Waals surface area contributed by atoms with Crippen molar-refractivity contribution in [1.29, 1.82) is 0 Å². The van der Waals surface area contributed by atoms with Crippen LogP contribution in [0.5, 0.6) is 5.75 Å². The first-order chi connectivity index (χ1) is 21.0. The van der Waals surface area contributed by atoms with Crippen molar-refractivity contribution in [2.75, 3.05) is 24.2 Å². The molecule has 1 aliphatic rings. The van der Waals surface area contributed by atoms with Crippen molar-refractivity contribution in [2.45, 2.75) is 56.0 Å². The predicted molar refractivity (Wildman–Crippen MR) is 169 cm³/mol. The van der Waals surface area contributed by atoms with Crippen LogP contribution in [-0.2, 0) is 16.4 Å². The number of fused-ring (bicyclic) bond motifs is 1. The summed E-state index contributed by atoms with van der Waals surface area (Å²) in [6, 6.07) is 12.4. The fourth-order valence-corrected chi connectivity index (χ4v) is 7.13. The SMILES string of the molecule is CCc1cc(-c2cc(F)c(NS(=O)(=O)c3ccccc3Cl)cc2OC)cc2cnc(N[C@H]3CC[C@H](N(C)C(=O)O)CC3)nc12. The van der Waals surface area contributed by atoms with E-state index in [-0.39, 0.29) is 33.4 Å². The second-order valence-electron chi connectivity index (χ2n) is 10.7. The van der Waals surface area contributed by atoms with E-state index in [1.807, 2.05) is 19.1 Å². The number of ether oxygens (including phenoxy) is 1. The van der Waals surface area contributed by atoms with Crippen LogP contribution in [0.2, 0.25) is 5.02 Å². The second kappa shape index (κ2) is 12.8. The van der Waals surface area contributed by atoms with Gasteiger partial charge < -0.3 is 20.1 Å². The summed E-state index contributed by atoms with van der Waals surface area (Å²) in [5.74, 6) is -0.0172. The van der Waals surface area contributed by atoms with E-state index in [0.29, 0.717) is 23.5 Å². The van der Waals surface area contributed by atoms with Gasteiger partial charge in [0.2, 0.25) is 5.95 Å². The fraction of sp³-hybridized carbons (Fsp3) is 0.323. The van der Waals surface area contributed by atoms with Crippen LogP contribution in [0, 0.1) is 5.82 Å². The summed E-state index contributed by atoms with van der Waals surface area (Å²) in [6.45, 7) is 2.00. The predicted octanol–water partition coefficient (Wildman–Crippen LogP) is 6.79. The topological polar surface area (TPSA) is 134 Å². The molecule has 0 aliphatic heterocycles. The molecule has 0 unspecified atom stereocenters. The number of nitrogens with zero attached hydrogens (tertiary/aromatic N) is 3. The molecule has 0 spiro atoms. The van der Waals surface area contributed by atoms with Crippen LogP contribution in [0.15, 0.2) is 59.6 Å². The maximum Gasteiger partial charge on any atom is 0.407 e. The summed E-state index contributed by atoms with van der Waals surface area (Å²) < 4.78 is 49.1. The van der Waals surface area contributed by atoms with Crippen LogP contribution in [-0.4, -0.2) is 60.7 Å². The molecule has 13 heteroatoms. The first-order valence-electron chi connectivity index (χ1n) is 14.2. The first-order valence-corrected chi connectivity index (χ1v) is 16.0. The number of hydrogen-bond acceptors (Lipinski definition) is 7. The molecule has 5 rings (SSSR count). The number of methoxy groups -OCH3 is 1. The number of benzene rings is 3. The van der Waals surface area contributed by atoms with Gasteiger partial charge >= 0.3 is 6.09 Å². The van der Waals surface area contributed by atoms with Crippen LogP contribution >= 0.6 is 11.6 Å². The summed E-state index contributed by atoms with van der Waals surface area (Å²) in [5.41, 5.74) is 2.50. The lowest BCUT2D eigenvalue weighted by Gasteiger charge is -2.33. The standard InChI is InChI=1S/C31H33ClFN5O5S/c1-4-18-13-19(14-20-17-34-30(36-29(18)20)35-21-9-11-22(12-10-21)38(2)31(39)40)23-15-25(33)26(16-27(23)43-3)37-44(41,42)28-8-6-5-7-24(28)32/h5-8,13-17,21-22,37H,4,9-12H2,1-3H3,(H,39,40)(H,34,35,36)/t21-,22-. The van der Waals surface area contributed by atoms with Crippen molar-refractivity contribution in [2.24, 2.45) is 0 Å². The van der Waals surface area contributed by atoms with E-state index in [0.717, 1.165) is 42.1 Å². The molecule has 10 nitrogen and oxygen atoms in total. The minimum Gasteiger partial charge on any atom is -0.496 e. The Labute approximate surface area is 260 Å². The Bertz CT molecular complexity index is 1820. The number of carboxylic acid groups (broad SMARTS) is 1. The zero-order valence-corrected chi connectivity index (χ0v) is 26.0. The first kappa shape index (κ1) is 31.3. The van der Waals surface area contributed by atoms with Crippen molar-refractivity contribution in [1.82, 2.24) is 14.9 Å². The Hall–Kier alpha value is -4.16. The van der Waals surface area contributed by atoms with Gasteiger partial charge in [-0.05, 0) is 73.6 Å². The third kappa shape index (κ3) is 6.51. The maximum absolute atomic E-state index is 15.4. The molecule has 1 aromatic heterocycles. The van der Waals surface area contributed by atoms with Crippen molar-refractivity contribution < 1.29 is 27.4 Å². The van der Waals surface area contributed by atoms with Gasteiger partial charge in [-0.2, -0.15) is 0 Å². The minimum absolute atomic E-state index is 0.00613. The van der Waals surface area contributed by atoms with E-state index in [1.165, 1.54) is 42.3 Å². The van der Waals surface area contributed by atoms with Gasteiger partial charge in [-0.25, -0.2) is 27.6 Å². The highest BCUT2D eigenvalue weighted by molar-refractivity contribution is 7.92. The molecule has 1 amide bonds. The Morgan fingerprint density at radius 2 is 1.89 bits per heavy atom. The molecule has 44 heavy (non-hydrogen) atoms. The smallest absolute Gasteiger partial charge is 0.407 e. The van der Waals surface area contributed by atoms with Crippen LogP contribution in [0.4, 0.5) is 20.8 Å². The number of aryl methyl sites for hydroxylation is 1. The summed E-state index contributed by atoms with van der Waals surface area (Å²) in [6.07, 6.45) is 4.57. The van der Waals surface area contributed by atoms with E-state index in [9.17, 15) is 18.3 Å². The Kier molecular flexibility index (Phi) is 9.12. The number of anilines is 2. The van der Waals surface area contributed by atoms with E-state index in [1.54, 1.807) is 19.3 Å². The molecular formula is C31H33ClFN5O5S. The molecule has 0 atom stereocenters. The molecule has 1 fully saturated rings. The van der Waals surface area contributed by atoms with Crippen LogP contribution in [0.1, 0.15) is 38.2 Å². The lowest BCUT2D eigenvalue weighted by molar-refractivity contribution is 0.125. The summed E-state index contributed by atoms with van der Waals surface area (Å²) in [5, 5.41) is 13.4. The lowest BCUT2D eigenvalue weighted by Crippen LogP contribution is -2.41. The Morgan fingerprint density at radius 1 is 1.16 bits per heavy atom. The van der Waals surface area contributed by atoms with Gasteiger partial charge in [0.05, 0.1) is 23.3 Å². The van der Waals surface area contributed by atoms with Crippen LogP contribution in [0.3, 0.4) is 0 Å².